The molecule has 28 heavy (non-hydrogen) atoms. The van der Waals surface area contributed by atoms with Gasteiger partial charge < -0.3 is 16.2 Å². The second-order valence-electron chi connectivity index (χ2n) is 6.33. The quantitative estimate of drug-likeness (QED) is 0.846. The zero-order chi connectivity index (χ0) is 20.4. The number of nitrogens with zero attached hydrogens (tertiary/aromatic N) is 3. The Kier molecular flexibility index (Phi) is 4.84. The number of hydrogen-bond acceptors (Lipinski definition) is 6. The van der Waals surface area contributed by atoms with E-state index in [9.17, 15) is 15.3 Å². The fraction of sp³-hybridized carbons (Fsp3) is 0.143. The number of carbonyl (C=O) groups is 1. The van der Waals surface area contributed by atoms with E-state index >= 15 is 0 Å². The van der Waals surface area contributed by atoms with Gasteiger partial charge in [0.25, 0.3) is 5.91 Å². The number of carbonyl (C=O) groups excluding carboxylic acids is 1. The summed E-state index contributed by atoms with van der Waals surface area (Å²) in [6.07, 6.45) is 1.92. The molecule has 138 valence electrons. The highest BCUT2D eigenvalue weighted by Crippen LogP contribution is 2.44. The van der Waals surface area contributed by atoms with E-state index in [1.807, 2.05) is 25.1 Å². The fourth-order valence-electron chi connectivity index (χ4n) is 3.18. The van der Waals surface area contributed by atoms with Crippen molar-refractivity contribution in [1.82, 2.24) is 4.98 Å². The van der Waals surface area contributed by atoms with E-state index in [1.165, 1.54) is 0 Å². The standard InChI is InChI=1S/C21H17N5O2/c1-11-15(7-13-3-5-14(6-4-13)28-10-18(24)27)19-12(2)17(9-23)21(25)26-20(19)16(11)8-22/h3-7H,10H2,1-2H3,(H2,24,27)(H2,25,26)/b15-7-. The lowest BCUT2D eigenvalue weighted by Gasteiger charge is -2.11. The number of pyridine rings is 1. The molecule has 1 aliphatic rings. The molecule has 1 amide bonds. The molecule has 1 aromatic heterocycles. The molecule has 0 bridgehead atoms. The van der Waals surface area contributed by atoms with Gasteiger partial charge in [-0.05, 0) is 54.3 Å². The molecule has 1 aromatic carbocycles. The second kappa shape index (κ2) is 7.26. The summed E-state index contributed by atoms with van der Waals surface area (Å²) in [4.78, 5) is 15.1. The van der Waals surface area contributed by atoms with Crippen molar-refractivity contribution in [2.24, 2.45) is 5.73 Å². The molecule has 3 rings (SSSR count). The van der Waals surface area contributed by atoms with Gasteiger partial charge in [-0.1, -0.05) is 12.1 Å². The molecule has 1 aliphatic carbocycles. The van der Waals surface area contributed by atoms with Crippen LogP contribution in [0.3, 0.4) is 0 Å². The van der Waals surface area contributed by atoms with Crippen LogP contribution in [0.4, 0.5) is 5.82 Å². The third kappa shape index (κ3) is 3.17. The van der Waals surface area contributed by atoms with Crippen molar-refractivity contribution in [2.45, 2.75) is 13.8 Å². The number of fused-ring (bicyclic) bond motifs is 1. The molecule has 0 radical (unpaired) electrons. The minimum Gasteiger partial charge on any atom is -0.484 e. The Labute approximate surface area is 162 Å². The summed E-state index contributed by atoms with van der Waals surface area (Å²) in [7, 11) is 0. The summed E-state index contributed by atoms with van der Waals surface area (Å²) in [5.74, 6) is 0.0979. The molecule has 0 saturated heterocycles. The Morgan fingerprint density at radius 2 is 1.89 bits per heavy atom. The Balaban J connectivity index is 2.08. The Morgan fingerprint density at radius 3 is 2.46 bits per heavy atom. The van der Waals surface area contributed by atoms with Gasteiger partial charge in [-0.25, -0.2) is 4.98 Å². The number of ether oxygens (including phenoxy) is 1. The van der Waals surface area contributed by atoms with E-state index in [0.29, 0.717) is 28.1 Å². The number of nitrogen functional groups attached to an aromatic ring is 1. The smallest absolute Gasteiger partial charge is 0.255 e. The van der Waals surface area contributed by atoms with Gasteiger partial charge >= 0.3 is 0 Å². The zero-order valence-electron chi connectivity index (χ0n) is 15.4. The summed E-state index contributed by atoms with van der Waals surface area (Å²) in [5, 5.41) is 19.0. The normalized spacial score (nSPS) is 13.8. The molecule has 0 saturated carbocycles. The monoisotopic (exact) mass is 371 g/mol. The van der Waals surface area contributed by atoms with Gasteiger partial charge in [-0.3, -0.25) is 4.79 Å². The molecule has 7 heteroatoms. The summed E-state index contributed by atoms with van der Waals surface area (Å²) < 4.78 is 5.26. The van der Waals surface area contributed by atoms with Crippen LogP contribution < -0.4 is 16.2 Å². The maximum atomic E-state index is 10.8. The van der Waals surface area contributed by atoms with Gasteiger partial charge in [-0.2, -0.15) is 10.5 Å². The highest BCUT2D eigenvalue weighted by atomic mass is 16.5. The van der Waals surface area contributed by atoms with Crippen LogP contribution in [-0.2, 0) is 4.79 Å². The van der Waals surface area contributed by atoms with Crippen molar-refractivity contribution in [3.8, 4) is 17.9 Å². The molecule has 4 N–H and O–H groups in total. The van der Waals surface area contributed by atoms with Crippen molar-refractivity contribution >= 4 is 28.9 Å². The number of aromatic nitrogens is 1. The number of benzene rings is 1. The lowest BCUT2D eigenvalue weighted by molar-refractivity contribution is -0.119. The number of anilines is 1. The molecule has 0 fully saturated rings. The molecule has 0 aliphatic heterocycles. The van der Waals surface area contributed by atoms with Crippen LogP contribution >= 0.6 is 0 Å². The Bertz CT molecular complexity index is 1130. The van der Waals surface area contributed by atoms with Crippen LogP contribution in [0.2, 0.25) is 0 Å². The van der Waals surface area contributed by atoms with E-state index < -0.39 is 5.91 Å². The van der Waals surface area contributed by atoms with Crippen molar-refractivity contribution in [3.05, 3.63) is 57.8 Å². The lowest BCUT2D eigenvalue weighted by Crippen LogP contribution is -2.19. The topological polar surface area (TPSA) is 139 Å². The van der Waals surface area contributed by atoms with Gasteiger partial charge in [0.05, 0.1) is 16.8 Å². The molecule has 0 atom stereocenters. The van der Waals surface area contributed by atoms with Gasteiger partial charge in [-0.15, -0.1) is 0 Å². The fourth-order valence-corrected chi connectivity index (χ4v) is 3.18. The third-order valence-corrected chi connectivity index (χ3v) is 4.56. The third-order valence-electron chi connectivity index (χ3n) is 4.56. The first-order chi connectivity index (χ1) is 13.4. The van der Waals surface area contributed by atoms with Crippen LogP contribution in [0, 0.1) is 29.6 Å². The maximum Gasteiger partial charge on any atom is 0.255 e. The molecule has 1 heterocycles. The number of amides is 1. The molecular formula is C21H17N5O2. The maximum absolute atomic E-state index is 10.8. The molecule has 0 unspecified atom stereocenters. The summed E-state index contributed by atoms with van der Waals surface area (Å²) in [6.45, 7) is 3.46. The first kappa shape index (κ1) is 18.7. The van der Waals surface area contributed by atoms with Crippen molar-refractivity contribution in [1.29, 1.82) is 10.5 Å². The average Bonchev–Trinajstić information content (AvgIpc) is 2.92. The number of hydrogen-bond donors (Lipinski definition) is 2. The van der Waals surface area contributed by atoms with Crippen molar-refractivity contribution < 1.29 is 9.53 Å². The van der Waals surface area contributed by atoms with E-state index in [-0.39, 0.29) is 12.4 Å². The van der Waals surface area contributed by atoms with Crippen LogP contribution in [0.1, 0.15) is 34.9 Å². The van der Waals surface area contributed by atoms with Gasteiger partial charge in [0.2, 0.25) is 0 Å². The SMILES string of the molecule is CC1=C(C#N)c2nc(N)c(C#N)c(C)c2/C1=C\c1ccc(OCC(N)=O)cc1. The van der Waals surface area contributed by atoms with Gasteiger partial charge in [0.1, 0.15) is 23.7 Å². The largest absolute Gasteiger partial charge is 0.484 e. The van der Waals surface area contributed by atoms with E-state index in [2.05, 4.69) is 17.1 Å². The summed E-state index contributed by atoms with van der Waals surface area (Å²) in [5.41, 5.74) is 16.1. The first-order valence-corrected chi connectivity index (χ1v) is 8.42. The van der Waals surface area contributed by atoms with Crippen LogP contribution in [0.5, 0.6) is 5.75 Å². The summed E-state index contributed by atoms with van der Waals surface area (Å²) >= 11 is 0. The first-order valence-electron chi connectivity index (χ1n) is 8.42. The Hall–Kier alpha value is -4.10. The second-order valence-corrected chi connectivity index (χ2v) is 6.33. The Morgan fingerprint density at radius 1 is 1.21 bits per heavy atom. The molecule has 7 nitrogen and oxygen atoms in total. The predicted octanol–water partition coefficient (Wildman–Crippen LogP) is 2.56. The van der Waals surface area contributed by atoms with Gasteiger partial charge in [0.15, 0.2) is 6.61 Å². The van der Waals surface area contributed by atoms with Crippen LogP contribution in [0.25, 0.3) is 17.2 Å². The van der Waals surface area contributed by atoms with Gasteiger partial charge in [0, 0.05) is 5.56 Å². The molecule has 0 spiro atoms. The van der Waals surface area contributed by atoms with Crippen LogP contribution in [-0.4, -0.2) is 17.5 Å². The van der Waals surface area contributed by atoms with E-state index in [4.69, 9.17) is 16.2 Å². The molecule has 2 aromatic rings. The predicted molar refractivity (Wildman–Crippen MR) is 105 cm³/mol. The van der Waals surface area contributed by atoms with Crippen LogP contribution in [0.15, 0.2) is 29.8 Å². The number of primary amides is 1. The van der Waals surface area contributed by atoms with Crippen molar-refractivity contribution in [2.75, 3.05) is 12.3 Å². The number of allylic oxidation sites excluding steroid dienone is 3. The van der Waals surface area contributed by atoms with Crippen molar-refractivity contribution in [3.63, 3.8) is 0 Å². The average molecular weight is 371 g/mol. The number of rotatable bonds is 4. The number of nitriles is 2. The lowest BCUT2D eigenvalue weighted by atomic mass is 9.95. The highest BCUT2D eigenvalue weighted by molar-refractivity contribution is 6.08. The number of nitrogens with two attached hydrogens (primary N) is 2. The van der Waals surface area contributed by atoms with E-state index in [1.54, 1.807) is 19.1 Å². The zero-order valence-corrected chi connectivity index (χ0v) is 15.4. The van der Waals surface area contributed by atoms with E-state index in [0.717, 1.165) is 22.3 Å². The minimum absolute atomic E-state index is 0.122. The summed E-state index contributed by atoms with van der Waals surface area (Å²) in [6, 6.07) is 11.4. The molecular weight excluding hydrogens is 354 g/mol. The minimum atomic E-state index is -0.547. The highest BCUT2D eigenvalue weighted by Gasteiger charge is 2.29.